The van der Waals surface area contributed by atoms with E-state index in [1.165, 1.54) is 5.56 Å². The molecule has 0 aliphatic heterocycles. The van der Waals surface area contributed by atoms with Crippen molar-refractivity contribution in [1.29, 1.82) is 0 Å². The zero-order valence-corrected chi connectivity index (χ0v) is 18.7. The number of anilines is 1. The molecule has 1 aromatic carbocycles. The first-order chi connectivity index (χ1) is 14.9. The first-order valence-corrected chi connectivity index (χ1v) is 11.1. The van der Waals surface area contributed by atoms with Crippen LogP contribution < -0.4 is 16.0 Å². The number of nitrogens with one attached hydrogen (secondary N) is 3. The molecule has 0 spiro atoms. The lowest BCUT2D eigenvalue weighted by molar-refractivity contribution is 0.232. The van der Waals surface area contributed by atoms with Crippen molar-refractivity contribution in [2.24, 2.45) is 0 Å². The predicted octanol–water partition coefficient (Wildman–Crippen LogP) is 3.78. The Morgan fingerprint density at radius 3 is 2.55 bits per heavy atom. The largest absolute Gasteiger partial charge is 0.367 e. The zero-order chi connectivity index (χ0) is 22.0. The summed E-state index contributed by atoms with van der Waals surface area (Å²) in [6, 6.07) is 6.80. The molecule has 164 valence electrons. The summed E-state index contributed by atoms with van der Waals surface area (Å²) in [4.78, 5) is 21.1. The van der Waals surface area contributed by atoms with Gasteiger partial charge in [-0.15, -0.1) is 0 Å². The lowest BCUT2D eigenvalue weighted by Crippen LogP contribution is -2.44. The highest BCUT2D eigenvalue weighted by molar-refractivity contribution is 5.87. The number of hydrogen-bond donors (Lipinski definition) is 3. The second kappa shape index (κ2) is 8.91. The van der Waals surface area contributed by atoms with Gasteiger partial charge in [0.25, 0.3) is 0 Å². The van der Waals surface area contributed by atoms with Gasteiger partial charge in [0, 0.05) is 18.6 Å². The highest BCUT2D eigenvalue weighted by Gasteiger charge is 2.24. The molecule has 31 heavy (non-hydrogen) atoms. The van der Waals surface area contributed by atoms with E-state index in [1.807, 2.05) is 24.7 Å². The number of fused-ring (bicyclic) bond motifs is 1. The van der Waals surface area contributed by atoms with Crippen molar-refractivity contribution in [2.45, 2.75) is 65.5 Å². The molecular weight excluding hydrogens is 390 g/mol. The molecule has 0 radical (unpaired) electrons. The van der Waals surface area contributed by atoms with E-state index in [2.05, 4.69) is 63.1 Å². The van der Waals surface area contributed by atoms with Gasteiger partial charge in [0.05, 0.1) is 17.3 Å². The number of aromatic nitrogens is 4. The molecule has 2 amide bonds. The van der Waals surface area contributed by atoms with E-state index >= 15 is 0 Å². The fourth-order valence-electron chi connectivity index (χ4n) is 4.32. The highest BCUT2D eigenvalue weighted by atomic mass is 16.2. The molecule has 1 saturated carbocycles. The molecule has 0 atom stereocenters. The first kappa shape index (κ1) is 21.1. The van der Waals surface area contributed by atoms with Crippen molar-refractivity contribution in [1.82, 2.24) is 30.4 Å². The Bertz CT molecular complexity index is 1080. The monoisotopic (exact) mass is 421 g/mol. The van der Waals surface area contributed by atoms with Gasteiger partial charge in [0.1, 0.15) is 11.6 Å². The molecule has 8 heteroatoms. The average molecular weight is 422 g/mol. The van der Waals surface area contributed by atoms with Gasteiger partial charge >= 0.3 is 6.03 Å². The fraction of sp³-hybridized carbons (Fsp3) is 0.478. The van der Waals surface area contributed by atoms with Crippen LogP contribution in [0.1, 0.15) is 49.6 Å². The third kappa shape index (κ3) is 4.62. The number of amides is 2. The molecule has 1 fully saturated rings. The molecular formula is C23H31N7O. The van der Waals surface area contributed by atoms with Crippen molar-refractivity contribution in [3.63, 3.8) is 0 Å². The van der Waals surface area contributed by atoms with E-state index in [-0.39, 0.29) is 12.1 Å². The highest BCUT2D eigenvalue weighted by Crippen LogP contribution is 2.28. The number of rotatable bonds is 5. The second-order valence-electron chi connectivity index (χ2n) is 8.40. The maximum Gasteiger partial charge on any atom is 0.314 e. The number of benzene rings is 1. The van der Waals surface area contributed by atoms with E-state index in [1.54, 1.807) is 0 Å². The van der Waals surface area contributed by atoms with E-state index in [4.69, 9.17) is 0 Å². The maximum atomic E-state index is 11.8. The van der Waals surface area contributed by atoms with E-state index in [0.29, 0.717) is 18.4 Å². The molecule has 2 aromatic heterocycles. The van der Waals surface area contributed by atoms with Crippen LogP contribution in [0.5, 0.6) is 0 Å². The number of urea groups is 1. The van der Waals surface area contributed by atoms with Crippen LogP contribution in [0.4, 0.5) is 10.6 Å². The molecule has 4 rings (SSSR count). The Labute approximate surface area is 182 Å². The van der Waals surface area contributed by atoms with Crippen LogP contribution in [-0.4, -0.2) is 44.4 Å². The molecule has 1 aliphatic carbocycles. The molecule has 3 aromatic rings. The number of aryl methyl sites for hydroxylation is 3. The van der Waals surface area contributed by atoms with Crippen LogP contribution in [0.25, 0.3) is 16.7 Å². The molecule has 1 aliphatic rings. The standard InChI is InChI=1S/C23H31N7O/c1-5-24-23(31)29-18-9-7-17(8-10-18)28-21-19-13-25-30(22(19)27-16(4)26-21)20-11-6-14(2)12-15(20)3/h6,11-13,17-18H,5,7-10H2,1-4H3,(H2,24,29,31)(H,26,27,28). The van der Waals surface area contributed by atoms with Crippen molar-refractivity contribution in [2.75, 3.05) is 11.9 Å². The van der Waals surface area contributed by atoms with Crippen molar-refractivity contribution in [3.8, 4) is 5.69 Å². The topological polar surface area (TPSA) is 96.8 Å². The quantitative estimate of drug-likeness (QED) is 0.582. The first-order valence-electron chi connectivity index (χ1n) is 11.1. The van der Waals surface area contributed by atoms with Gasteiger partial charge in [-0.05, 0) is 65.0 Å². The smallest absolute Gasteiger partial charge is 0.314 e. The Balaban J connectivity index is 1.52. The SMILES string of the molecule is CCNC(=O)NC1CCC(Nc2nc(C)nc3c2cnn3-c2ccc(C)cc2C)CC1. The van der Waals surface area contributed by atoms with E-state index in [0.717, 1.165) is 53.8 Å². The lowest BCUT2D eigenvalue weighted by Gasteiger charge is -2.30. The molecule has 3 N–H and O–H groups in total. The molecule has 8 nitrogen and oxygen atoms in total. The van der Waals surface area contributed by atoms with E-state index < -0.39 is 0 Å². The van der Waals surface area contributed by atoms with Crippen molar-refractivity contribution in [3.05, 3.63) is 41.3 Å². The van der Waals surface area contributed by atoms with Crippen LogP contribution in [0.3, 0.4) is 0 Å². The van der Waals surface area contributed by atoms with Crippen LogP contribution in [0.15, 0.2) is 24.4 Å². The Morgan fingerprint density at radius 1 is 1.10 bits per heavy atom. The number of carbonyl (C=O) groups excluding carboxylic acids is 1. The minimum absolute atomic E-state index is 0.0779. The summed E-state index contributed by atoms with van der Waals surface area (Å²) >= 11 is 0. The number of carbonyl (C=O) groups is 1. The summed E-state index contributed by atoms with van der Waals surface area (Å²) in [5.41, 5.74) is 4.23. The summed E-state index contributed by atoms with van der Waals surface area (Å²) in [6.45, 7) is 8.66. The molecule has 0 bridgehead atoms. The average Bonchev–Trinajstić information content (AvgIpc) is 3.13. The van der Waals surface area contributed by atoms with Crippen LogP contribution >= 0.6 is 0 Å². The predicted molar refractivity (Wildman–Crippen MR) is 123 cm³/mol. The van der Waals surface area contributed by atoms with Crippen molar-refractivity contribution < 1.29 is 4.79 Å². The van der Waals surface area contributed by atoms with Gasteiger partial charge in [0.2, 0.25) is 0 Å². The van der Waals surface area contributed by atoms with Gasteiger partial charge in [-0.1, -0.05) is 17.7 Å². The van der Waals surface area contributed by atoms with Crippen molar-refractivity contribution >= 4 is 22.9 Å². The lowest BCUT2D eigenvalue weighted by atomic mass is 9.91. The number of hydrogen-bond acceptors (Lipinski definition) is 5. The summed E-state index contributed by atoms with van der Waals surface area (Å²) in [6.07, 6.45) is 5.70. The zero-order valence-electron chi connectivity index (χ0n) is 18.7. The number of nitrogens with zero attached hydrogens (tertiary/aromatic N) is 4. The normalized spacial score (nSPS) is 18.7. The summed E-state index contributed by atoms with van der Waals surface area (Å²) in [5, 5.41) is 15.0. The third-order valence-corrected chi connectivity index (χ3v) is 5.86. The summed E-state index contributed by atoms with van der Waals surface area (Å²) in [5.74, 6) is 1.55. The van der Waals surface area contributed by atoms with Crippen LogP contribution in [0.2, 0.25) is 0 Å². The Hall–Kier alpha value is -3.16. The van der Waals surface area contributed by atoms with E-state index in [9.17, 15) is 4.79 Å². The maximum absolute atomic E-state index is 11.8. The van der Waals surface area contributed by atoms with Gasteiger partial charge in [0.15, 0.2) is 5.65 Å². The van der Waals surface area contributed by atoms with Gasteiger partial charge in [-0.2, -0.15) is 5.10 Å². The summed E-state index contributed by atoms with van der Waals surface area (Å²) < 4.78 is 1.90. The van der Waals surface area contributed by atoms with Gasteiger partial charge in [-0.3, -0.25) is 0 Å². The minimum atomic E-state index is -0.0779. The Morgan fingerprint density at radius 2 is 1.84 bits per heavy atom. The van der Waals surface area contributed by atoms with Gasteiger partial charge < -0.3 is 16.0 Å². The van der Waals surface area contributed by atoms with Gasteiger partial charge in [-0.25, -0.2) is 19.4 Å². The van der Waals surface area contributed by atoms with Crippen LogP contribution in [-0.2, 0) is 0 Å². The second-order valence-corrected chi connectivity index (χ2v) is 8.40. The minimum Gasteiger partial charge on any atom is -0.367 e. The molecule has 0 unspecified atom stereocenters. The Kier molecular flexibility index (Phi) is 6.06. The third-order valence-electron chi connectivity index (χ3n) is 5.86. The molecule has 2 heterocycles. The van der Waals surface area contributed by atoms with Crippen LogP contribution in [0, 0.1) is 20.8 Å². The fourth-order valence-corrected chi connectivity index (χ4v) is 4.32. The molecule has 0 saturated heterocycles. The summed E-state index contributed by atoms with van der Waals surface area (Å²) in [7, 11) is 0.